The number of hydrogen-bond donors (Lipinski definition) is 0. The molecule has 2 aromatic rings. The van der Waals surface area contributed by atoms with Gasteiger partial charge in [0, 0.05) is 18.0 Å². The van der Waals surface area contributed by atoms with Gasteiger partial charge in [0.2, 0.25) is 0 Å². The Balaban J connectivity index is 1.47. The number of benzene rings is 1. The zero-order chi connectivity index (χ0) is 18.1. The highest BCUT2D eigenvalue weighted by molar-refractivity contribution is 7.99. The van der Waals surface area contributed by atoms with E-state index < -0.39 is 0 Å². The highest BCUT2D eigenvalue weighted by Gasteiger charge is 2.37. The van der Waals surface area contributed by atoms with Crippen LogP contribution < -0.4 is 4.90 Å². The second-order valence-electron chi connectivity index (χ2n) is 7.47. The zero-order valence-electron chi connectivity index (χ0n) is 15.0. The van der Waals surface area contributed by atoms with E-state index in [2.05, 4.69) is 9.88 Å². The second-order valence-corrected chi connectivity index (χ2v) is 9.28. The first-order valence-corrected chi connectivity index (χ1v) is 10.8. The average molecular weight is 408 g/mol. The van der Waals surface area contributed by atoms with Crippen molar-refractivity contribution in [3.8, 4) is 0 Å². The Kier molecular flexibility index (Phi) is 5.36. The Bertz CT molecular complexity index is 796. The van der Waals surface area contributed by atoms with Crippen LogP contribution in [0.5, 0.6) is 0 Å². The number of aromatic nitrogens is 2. The molecule has 1 spiro atoms. The Morgan fingerprint density at radius 1 is 1.08 bits per heavy atom. The standard InChI is InChI=1S/C20H23Cl2N3S/c1-14-19(26-16-6-4-5-15(21)18(16)22)23-13-17(24-14)25-11-9-20(10-12-25)7-2-3-8-20/h4-6,13H,2-3,7-12H2,1H3. The van der Waals surface area contributed by atoms with Crippen LogP contribution in [0.15, 0.2) is 34.3 Å². The molecule has 0 N–H and O–H groups in total. The molecule has 0 amide bonds. The van der Waals surface area contributed by atoms with Gasteiger partial charge in [0.1, 0.15) is 10.8 Å². The van der Waals surface area contributed by atoms with Gasteiger partial charge in [-0.15, -0.1) is 0 Å². The van der Waals surface area contributed by atoms with Crippen LogP contribution in [0.2, 0.25) is 10.0 Å². The van der Waals surface area contributed by atoms with Gasteiger partial charge in [-0.1, -0.05) is 53.9 Å². The first-order valence-electron chi connectivity index (χ1n) is 9.27. The number of hydrogen-bond acceptors (Lipinski definition) is 4. The van der Waals surface area contributed by atoms with Crippen molar-refractivity contribution in [1.29, 1.82) is 0 Å². The van der Waals surface area contributed by atoms with E-state index in [4.69, 9.17) is 28.2 Å². The number of anilines is 1. The molecule has 1 aliphatic heterocycles. The quantitative estimate of drug-likeness (QED) is 0.587. The SMILES string of the molecule is Cc1nc(N2CCC3(CCCC3)CC2)cnc1Sc1cccc(Cl)c1Cl. The molecule has 1 aromatic carbocycles. The van der Waals surface area contributed by atoms with Gasteiger partial charge in [0.25, 0.3) is 0 Å². The first kappa shape index (κ1) is 18.4. The monoisotopic (exact) mass is 407 g/mol. The van der Waals surface area contributed by atoms with Crippen LogP contribution in [-0.2, 0) is 0 Å². The number of halogens is 2. The molecule has 3 nitrogen and oxygen atoms in total. The fourth-order valence-electron chi connectivity index (χ4n) is 4.21. The van der Waals surface area contributed by atoms with Crippen molar-refractivity contribution in [3.05, 3.63) is 40.1 Å². The topological polar surface area (TPSA) is 29.0 Å². The third kappa shape index (κ3) is 3.69. The minimum Gasteiger partial charge on any atom is -0.355 e. The van der Waals surface area contributed by atoms with Crippen molar-refractivity contribution in [2.24, 2.45) is 5.41 Å². The second kappa shape index (κ2) is 7.57. The molecule has 2 fully saturated rings. The van der Waals surface area contributed by atoms with Crippen LogP contribution in [-0.4, -0.2) is 23.1 Å². The molecule has 6 heteroatoms. The van der Waals surface area contributed by atoms with Gasteiger partial charge in [0.05, 0.1) is 21.9 Å². The molecule has 1 saturated heterocycles. The Morgan fingerprint density at radius 3 is 2.50 bits per heavy atom. The number of nitrogens with zero attached hydrogens (tertiary/aromatic N) is 3. The molecule has 2 heterocycles. The van der Waals surface area contributed by atoms with Crippen molar-refractivity contribution in [1.82, 2.24) is 9.97 Å². The summed E-state index contributed by atoms with van der Waals surface area (Å²) in [4.78, 5) is 12.8. The van der Waals surface area contributed by atoms with Crippen LogP contribution >= 0.6 is 35.0 Å². The summed E-state index contributed by atoms with van der Waals surface area (Å²) >= 11 is 13.9. The molecule has 2 aliphatic rings. The van der Waals surface area contributed by atoms with Crippen LogP contribution in [0, 0.1) is 12.3 Å². The predicted molar refractivity (Wildman–Crippen MR) is 110 cm³/mol. The molecular formula is C20H23Cl2N3S. The van der Waals surface area contributed by atoms with Gasteiger partial charge in [-0.25, -0.2) is 9.97 Å². The highest BCUT2D eigenvalue weighted by atomic mass is 35.5. The summed E-state index contributed by atoms with van der Waals surface area (Å²) in [5.74, 6) is 0.997. The maximum absolute atomic E-state index is 6.30. The molecule has 0 bridgehead atoms. The van der Waals surface area contributed by atoms with Gasteiger partial charge in [-0.2, -0.15) is 0 Å². The molecule has 0 radical (unpaired) electrons. The molecule has 4 rings (SSSR count). The molecular weight excluding hydrogens is 385 g/mol. The first-order chi connectivity index (χ1) is 12.6. The van der Waals surface area contributed by atoms with Gasteiger partial charge in [0.15, 0.2) is 0 Å². The maximum Gasteiger partial charge on any atom is 0.147 e. The van der Waals surface area contributed by atoms with E-state index in [1.807, 2.05) is 25.3 Å². The Morgan fingerprint density at radius 2 is 1.81 bits per heavy atom. The fourth-order valence-corrected chi connectivity index (χ4v) is 5.54. The third-order valence-electron chi connectivity index (χ3n) is 5.82. The van der Waals surface area contributed by atoms with Crippen molar-refractivity contribution >= 4 is 40.8 Å². The van der Waals surface area contributed by atoms with Crippen LogP contribution in [0.25, 0.3) is 0 Å². The smallest absolute Gasteiger partial charge is 0.147 e. The van der Waals surface area contributed by atoms with Gasteiger partial charge in [-0.05, 0) is 50.2 Å². The van der Waals surface area contributed by atoms with Crippen LogP contribution in [0.4, 0.5) is 5.82 Å². The number of aryl methyl sites for hydroxylation is 1. The van der Waals surface area contributed by atoms with Crippen molar-refractivity contribution in [2.75, 3.05) is 18.0 Å². The maximum atomic E-state index is 6.30. The summed E-state index contributed by atoms with van der Waals surface area (Å²) in [6.07, 6.45) is 10.2. The minimum absolute atomic E-state index is 0.563. The lowest BCUT2D eigenvalue weighted by atomic mass is 9.77. The van der Waals surface area contributed by atoms with E-state index in [-0.39, 0.29) is 0 Å². The fraction of sp³-hybridized carbons (Fsp3) is 0.500. The molecule has 1 aliphatic carbocycles. The summed E-state index contributed by atoms with van der Waals surface area (Å²) in [7, 11) is 0. The number of piperidine rings is 1. The Hall–Kier alpha value is -0.970. The zero-order valence-corrected chi connectivity index (χ0v) is 17.3. The van der Waals surface area contributed by atoms with E-state index in [0.29, 0.717) is 15.5 Å². The largest absolute Gasteiger partial charge is 0.355 e. The molecule has 138 valence electrons. The highest BCUT2D eigenvalue weighted by Crippen LogP contribution is 2.46. The van der Waals surface area contributed by atoms with E-state index in [1.165, 1.54) is 50.3 Å². The summed E-state index contributed by atoms with van der Waals surface area (Å²) in [6, 6.07) is 5.66. The predicted octanol–water partition coefficient (Wildman–Crippen LogP) is 6.40. The average Bonchev–Trinajstić information content (AvgIpc) is 3.09. The van der Waals surface area contributed by atoms with Gasteiger partial charge < -0.3 is 4.90 Å². The normalized spacial score (nSPS) is 19.3. The van der Waals surface area contributed by atoms with E-state index >= 15 is 0 Å². The molecule has 1 saturated carbocycles. The molecule has 0 atom stereocenters. The lowest BCUT2D eigenvalue weighted by Crippen LogP contribution is -2.39. The van der Waals surface area contributed by atoms with E-state index in [0.717, 1.165) is 34.5 Å². The number of rotatable bonds is 3. The van der Waals surface area contributed by atoms with Crippen LogP contribution in [0.1, 0.15) is 44.2 Å². The molecule has 26 heavy (non-hydrogen) atoms. The summed E-state index contributed by atoms with van der Waals surface area (Å²) in [6.45, 7) is 4.21. The van der Waals surface area contributed by atoms with E-state index in [1.54, 1.807) is 6.07 Å². The molecule has 1 aromatic heterocycles. The van der Waals surface area contributed by atoms with Crippen molar-refractivity contribution < 1.29 is 0 Å². The van der Waals surface area contributed by atoms with Crippen LogP contribution in [0.3, 0.4) is 0 Å². The molecule has 0 unspecified atom stereocenters. The summed E-state index contributed by atoms with van der Waals surface area (Å²) in [5, 5.41) is 2.01. The Labute approximate surface area is 169 Å². The summed E-state index contributed by atoms with van der Waals surface area (Å²) < 4.78 is 0. The van der Waals surface area contributed by atoms with E-state index in [9.17, 15) is 0 Å². The van der Waals surface area contributed by atoms with Crippen molar-refractivity contribution in [2.45, 2.75) is 55.4 Å². The third-order valence-corrected chi connectivity index (χ3v) is 7.91. The van der Waals surface area contributed by atoms with Crippen molar-refractivity contribution in [3.63, 3.8) is 0 Å². The van der Waals surface area contributed by atoms with Gasteiger partial charge in [-0.3, -0.25) is 0 Å². The van der Waals surface area contributed by atoms with Gasteiger partial charge >= 0.3 is 0 Å². The lowest BCUT2D eigenvalue weighted by molar-refractivity contribution is 0.226. The lowest BCUT2D eigenvalue weighted by Gasteiger charge is -2.39. The summed E-state index contributed by atoms with van der Waals surface area (Å²) in [5.41, 5.74) is 1.56. The minimum atomic E-state index is 0.563.